The highest BCUT2D eigenvalue weighted by Crippen LogP contribution is 2.31. The number of alkyl halides is 3. The minimum absolute atomic E-state index is 0.116. The number of anilines is 1. The number of benzene rings is 1. The predicted octanol–water partition coefficient (Wildman–Crippen LogP) is 4.61. The fraction of sp³-hybridized carbons (Fsp3) is 0.261. The molecule has 0 saturated carbocycles. The van der Waals surface area contributed by atoms with Crippen LogP contribution in [0.2, 0.25) is 0 Å². The van der Waals surface area contributed by atoms with Crippen molar-refractivity contribution < 1.29 is 27.4 Å². The maximum absolute atomic E-state index is 12.7. The normalized spacial score (nSPS) is 16.1. The van der Waals surface area contributed by atoms with Crippen LogP contribution in [0.1, 0.15) is 22.3 Å². The topological polar surface area (TPSA) is 64.5 Å². The van der Waals surface area contributed by atoms with Crippen molar-refractivity contribution in [2.75, 3.05) is 25.1 Å². The third kappa shape index (κ3) is 4.66. The van der Waals surface area contributed by atoms with Crippen LogP contribution in [0, 0.1) is 0 Å². The van der Waals surface area contributed by atoms with Crippen molar-refractivity contribution in [3.63, 3.8) is 0 Å². The summed E-state index contributed by atoms with van der Waals surface area (Å²) in [7, 11) is 1.31. The fourth-order valence-corrected chi connectivity index (χ4v) is 3.56. The van der Waals surface area contributed by atoms with Gasteiger partial charge in [-0.05, 0) is 17.7 Å². The van der Waals surface area contributed by atoms with Gasteiger partial charge in [-0.2, -0.15) is 13.2 Å². The fourth-order valence-electron chi connectivity index (χ4n) is 3.56. The number of esters is 1. The predicted molar refractivity (Wildman–Crippen MR) is 111 cm³/mol. The third-order valence-electron chi connectivity index (χ3n) is 5.17. The molecule has 9 heteroatoms. The number of ether oxygens (including phenoxy) is 2. The van der Waals surface area contributed by atoms with Crippen molar-refractivity contribution >= 4 is 11.8 Å². The first-order chi connectivity index (χ1) is 15.3. The van der Waals surface area contributed by atoms with Crippen LogP contribution < -0.4 is 9.64 Å². The molecular formula is C23H20F3N3O3. The average molecular weight is 443 g/mol. The molecule has 2 aromatic heterocycles. The first-order valence-corrected chi connectivity index (χ1v) is 9.94. The number of hydrogen-bond donors (Lipinski definition) is 0. The highest BCUT2D eigenvalue weighted by atomic mass is 19.4. The van der Waals surface area contributed by atoms with Crippen molar-refractivity contribution in [3.05, 3.63) is 72.1 Å². The average Bonchev–Trinajstić information content (AvgIpc) is 3.26. The molecule has 3 aromatic rings. The second kappa shape index (κ2) is 8.86. The molecule has 3 heterocycles. The summed E-state index contributed by atoms with van der Waals surface area (Å²) in [5.41, 5.74) is 1.22. The first kappa shape index (κ1) is 21.6. The van der Waals surface area contributed by atoms with E-state index in [1.165, 1.54) is 13.2 Å². The number of nitrogens with zero attached hydrogens (tertiary/aromatic N) is 3. The highest BCUT2D eigenvalue weighted by molar-refractivity contribution is 5.96. The Bertz CT molecular complexity index is 1090. The lowest BCUT2D eigenvalue weighted by Crippen LogP contribution is -2.27. The Morgan fingerprint density at radius 1 is 1.06 bits per heavy atom. The Kier molecular flexibility index (Phi) is 5.98. The van der Waals surface area contributed by atoms with Gasteiger partial charge in [0, 0.05) is 37.0 Å². The maximum atomic E-state index is 12.7. The van der Waals surface area contributed by atoms with Crippen LogP contribution in [0.4, 0.5) is 19.0 Å². The molecule has 1 fully saturated rings. The van der Waals surface area contributed by atoms with Crippen LogP contribution in [-0.2, 0) is 10.9 Å². The van der Waals surface area contributed by atoms with Gasteiger partial charge in [-0.15, -0.1) is 0 Å². The standard InChI is InChI=1S/C23H20F3N3O3/c1-31-22(30)19-11-16(15-5-3-2-4-6-15)12-28-21(19)29-10-9-18(14-29)32-20-8-7-17(13-27-20)23(24,25)26/h2-8,11-13,18H,9-10,14H2,1H3. The molecule has 1 aliphatic rings. The van der Waals surface area contributed by atoms with E-state index in [4.69, 9.17) is 9.47 Å². The zero-order valence-electron chi connectivity index (χ0n) is 17.2. The molecule has 6 nitrogen and oxygen atoms in total. The Labute approximate surface area is 182 Å². The molecule has 4 rings (SSSR count). The summed E-state index contributed by atoms with van der Waals surface area (Å²) in [6, 6.07) is 13.4. The summed E-state index contributed by atoms with van der Waals surface area (Å²) in [5.74, 6) is 0.0903. The zero-order valence-corrected chi connectivity index (χ0v) is 17.2. The van der Waals surface area contributed by atoms with Gasteiger partial charge in [0.25, 0.3) is 0 Å². The monoisotopic (exact) mass is 443 g/mol. The number of rotatable bonds is 5. The summed E-state index contributed by atoms with van der Waals surface area (Å²) in [5, 5.41) is 0. The van der Waals surface area contributed by atoms with Crippen molar-refractivity contribution in [2.24, 2.45) is 0 Å². The van der Waals surface area contributed by atoms with Crippen LogP contribution in [0.3, 0.4) is 0 Å². The third-order valence-corrected chi connectivity index (χ3v) is 5.17. The van der Waals surface area contributed by atoms with Crippen LogP contribution in [0.5, 0.6) is 5.88 Å². The molecule has 1 atom stereocenters. The molecule has 32 heavy (non-hydrogen) atoms. The van der Waals surface area contributed by atoms with Crippen LogP contribution >= 0.6 is 0 Å². The number of methoxy groups -OCH3 is 1. The quantitative estimate of drug-likeness (QED) is 0.537. The van der Waals surface area contributed by atoms with E-state index in [9.17, 15) is 18.0 Å². The van der Waals surface area contributed by atoms with E-state index in [1.54, 1.807) is 12.3 Å². The van der Waals surface area contributed by atoms with Crippen molar-refractivity contribution in [3.8, 4) is 17.0 Å². The number of carbonyl (C=O) groups is 1. The summed E-state index contributed by atoms with van der Waals surface area (Å²) in [4.78, 5) is 22.6. The minimum Gasteiger partial charge on any atom is -0.472 e. The summed E-state index contributed by atoms with van der Waals surface area (Å²) in [6.07, 6.45) is -1.70. The Hall–Kier alpha value is -3.62. The van der Waals surface area contributed by atoms with Gasteiger partial charge in [-0.1, -0.05) is 30.3 Å². The number of carbonyl (C=O) groups excluding carboxylic acids is 1. The lowest BCUT2D eigenvalue weighted by Gasteiger charge is -2.20. The van der Waals surface area contributed by atoms with Gasteiger partial charge in [0.1, 0.15) is 17.5 Å². The van der Waals surface area contributed by atoms with E-state index < -0.39 is 17.7 Å². The summed E-state index contributed by atoms with van der Waals surface area (Å²) >= 11 is 0. The van der Waals surface area contributed by atoms with E-state index in [-0.39, 0.29) is 12.0 Å². The Morgan fingerprint density at radius 3 is 2.50 bits per heavy atom. The lowest BCUT2D eigenvalue weighted by molar-refractivity contribution is -0.137. The smallest absolute Gasteiger partial charge is 0.417 e. The van der Waals surface area contributed by atoms with Crippen LogP contribution in [0.15, 0.2) is 60.9 Å². The van der Waals surface area contributed by atoms with Gasteiger partial charge >= 0.3 is 12.1 Å². The van der Waals surface area contributed by atoms with Crippen LogP contribution in [0.25, 0.3) is 11.1 Å². The van der Waals surface area contributed by atoms with Gasteiger partial charge in [0.15, 0.2) is 0 Å². The first-order valence-electron chi connectivity index (χ1n) is 9.94. The van der Waals surface area contributed by atoms with Gasteiger partial charge in [0.05, 0.1) is 19.2 Å². The zero-order chi connectivity index (χ0) is 22.7. The molecule has 1 aliphatic heterocycles. The second-order valence-corrected chi connectivity index (χ2v) is 7.31. The Balaban J connectivity index is 1.51. The SMILES string of the molecule is COC(=O)c1cc(-c2ccccc2)cnc1N1CCC(Oc2ccc(C(F)(F)F)cn2)C1. The number of hydrogen-bond acceptors (Lipinski definition) is 6. The molecule has 1 saturated heterocycles. The largest absolute Gasteiger partial charge is 0.472 e. The van der Waals surface area contributed by atoms with Crippen molar-refractivity contribution in [1.82, 2.24) is 9.97 Å². The van der Waals surface area contributed by atoms with Crippen molar-refractivity contribution in [1.29, 1.82) is 0 Å². The van der Waals surface area contributed by atoms with E-state index in [0.717, 1.165) is 23.4 Å². The van der Waals surface area contributed by atoms with Gasteiger partial charge < -0.3 is 14.4 Å². The number of pyridine rings is 2. The minimum atomic E-state index is -4.45. The van der Waals surface area contributed by atoms with Gasteiger partial charge in [0.2, 0.25) is 5.88 Å². The summed E-state index contributed by atoms with van der Waals surface area (Å²) in [6.45, 7) is 0.970. The Morgan fingerprint density at radius 2 is 1.84 bits per heavy atom. The van der Waals surface area contributed by atoms with Crippen molar-refractivity contribution in [2.45, 2.75) is 18.7 Å². The van der Waals surface area contributed by atoms with E-state index in [2.05, 4.69) is 9.97 Å². The molecule has 0 radical (unpaired) electrons. The lowest BCUT2D eigenvalue weighted by atomic mass is 10.1. The maximum Gasteiger partial charge on any atom is 0.417 e. The van der Waals surface area contributed by atoms with E-state index in [0.29, 0.717) is 30.9 Å². The van der Waals surface area contributed by atoms with E-state index >= 15 is 0 Å². The second-order valence-electron chi connectivity index (χ2n) is 7.31. The summed E-state index contributed by atoms with van der Waals surface area (Å²) < 4.78 is 48.8. The molecule has 166 valence electrons. The molecule has 1 unspecified atom stereocenters. The number of aromatic nitrogens is 2. The molecule has 0 aliphatic carbocycles. The highest BCUT2D eigenvalue weighted by Gasteiger charge is 2.32. The number of halogens is 3. The van der Waals surface area contributed by atoms with Gasteiger partial charge in [-0.25, -0.2) is 14.8 Å². The molecular weight excluding hydrogens is 423 g/mol. The van der Waals surface area contributed by atoms with Crippen LogP contribution in [-0.4, -0.2) is 42.2 Å². The molecule has 0 amide bonds. The molecule has 1 aromatic carbocycles. The van der Waals surface area contributed by atoms with E-state index in [1.807, 2.05) is 35.2 Å². The molecule has 0 N–H and O–H groups in total. The molecule has 0 spiro atoms. The van der Waals surface area contributed by atoms with Gasteiger partial charge in [-0.3, -0.25) is 0 Å². The molecule has 0 bridgehead atoms.